The molecule has 0 atom stereocenters. The summed E-state index contributed by atoms with van der Waals surface area (Å²) in [7, 11) is 0. The van der Waals surface area contributed by atoms with Gasteiger partial charge in [0.1, 0.15) is 5.75 Å². The van der Waals surface area contributed by atoms with Crippen molar-refractivity contribution in [3.05, 3.63) is 28.8 Å². The van der Waals surface area contributed by atoms with E-state index < -0.39 is 0 Å². The molecule has 0 spiro atoms. The lowest BCUT2D eigenvalue weighted by Gasteiger charge is -2.11. The van der Waals surface area contributed by atoms with E-state index in [4.69, 9.17) is 28.6 Å². The molecule has 1 aromatic carbocycles. The molecular weight excluding hydrogens is 282 g/mol. The van der Waals surface area contributed by atoms with Crippen LogP contribution >= 0.6 is 23.8 Å². The summed E-state index contributed by atoms with van der Waals surface area (Å²) in [5, 5.41) is 8.00. The lowest BCUT2D eigenvalue weighted by atomic mass is 10.2. The molecule has 0 aliphatic heterocycles. The maximum absolute atomic E-state index is 6.12. The quantitative estimate of drug-likeness (QED) is 0.498. The normalized spacial score (nSPS) is 10.8. The fourth-order valence-electron chi connectivity index (χ4n) is 1.31. The van der Waals surface area contributed by atoms with Crippen molar-refractivity contribution in [3.8, 4) is 5.75 Å². The number of nitrogens with zero attached hydrogens (tertiary/aromatic N) is 1. The number of thiocarbonyl (C=S) groups is 1. The molecule has 2 N–H and O–H groups in total. The summed E-state index contributed by atoms with van der Waals surface area (Å²) < 4.78 is 5.55. The first kappa shape index (κ1) is 15.7. The van der Waals surface area contributed by atoms with E-state index in [2.05, 4.69) is 15.8 Å². The summed E-state index contributed by atoms with van der Waals surface area (Å²) in [5.74, 6) is 0.671. The molecule has 0 radical (unpaired) electrons. The van der Waals surface area contributed by atoms with E-state index in [0.29, 0.717) is 15.9 Å². The van der Waals surface area contributed by atoms with Crippen molar-refractivity contribution in [2.45, 2.75) is 26.9 Å². The highest BCUT2D eigenvalue weighted by atomic mass is 35.5. The lowest BCUT2D eigenvalue weighted by molar-refractivity contribution is 0.242. The largest absolute Gasteiger partial charge is 0.489 e. The Balaban J connectivity index is 2.63. The standard InChI is InChI=1S/C13H18ClN3OS/c1-4-15-13(19)17-16-8-10-5-6-12(11(14)7-10)18-9(2)3/h5-9H,4H2,1-3H3,(H2,15,17,19). The highest BCUT2D eigenvalue weighted by Crippen LogP contribution is 2.25. The fourth-order valence-corrected chi connectivity index (χ4v) is 1.74. The number of rotatable bonds is 5. The van der Waals surface area contributed by atoms with Gasteiger partial charge in [0, 0.05) is 6.54 Å². The molecule has 0 heterocycles. The predicted octanol–water partition coefficient (Wildman–Crippen LogP) is 2.95. The monoisotopic (exact) mass is 299 g/mol. The average Bonchev–Trinajstić information content (AvgIpc) is 2.32. The number of hydrogen-bond donors (Lipinski definition) is 2. The molecule has 0 aliphatic rings. The molecule has 6 heteroatoms. The van der Waals surface area contributed by atoms with Crippen LogP contribution in [0.4, 0.5) is 0 Å². The zero-order chi connectivity index (χ0) is 14.3. The van der Waals surface area contributed by atoms with Crippen molar-refractivity contribution >= 4 is 35.1 Å². The summed E-state index contributed by atoms with van der Waals surface area (Å²) >= 11 is 11.1. The third-order valence-corrected chi connectivity index (χ3v) is 2.57. The summed E-state index contributed by atoms with van der Waals surface area (Å²) in [5.41, 5.74) is 3.58. The zero-order valence-electron chi connectivity index (χ0n) is 11.2. The smallest absolute Gasteiger partial charge is 0.186 e. The molecule has 19 heavy (non-hydrogen) atoms. The van der Waals surface area contributed by atoms with E-state index in [0.717, 1.165) is 12.1 Å². The van der Waals surface area contributed by atoms with Crippen LogP contribution in [0, 0.1) is 0 Å². The first-order valence-electron chi connectivity index (χ1n) is 6.06. The van der Waals surface area contributed by atoms with Gasteiger partial charge in [0.2, 0.25) is 0 Å². The summed E-state index contributed by atoms with van der Waals surface area (Å²) in [6.07, 6.45) is 1.74. The molecule has 0 saturated carbocycles. The number of ether oxygens (including phenoxy) is 1. The van der Waals surface area contributed by atoms with E-state index in [9.17, 15) is 0 Å². The minimum Gasteiger partial charge on any atom is -0.489 e. The lowest BCUT2D eigenvalue weighted by Crippen LogP contribution is -2.31. The number of hydrogen-bond acceptors (Lipinski definition) is 3. The molecule has 104 valence electrons. The van der Waals surface area contributed by atoms with Gasteiger partial charge in [0.15, 0.2) is 5.11 Å². The number of halogens is 1. The van der Waals surface area contributed by atoms with Gasteiger partial charge in [-0.2, -0.15) is 5.10 Å². The van der Waals surface area contributed by atoms with E-state index in [1.54, 1.807) is 12.3 Å². The minimum atomic E-state index is 0.0937. The summed E-state index contributed by atoms with van der Waals surface area (Å²) in [6, 6.07) is 5.50. The highest BCUT2D eigenvalue weighted by Gasteiger charge is 2.04. The number of benzene rings is 1. The zero-order valence-corrected chi connectivity index (χ0v) is 12.8. The minimum absolute atomic E-state index is 0.0937. The predicted molar refractivity (Wildman–Crippen MR) is 84.2 cm³/mol. The van der Waals surface area contributed by atoms with Crippen molar-refractivity contribution in [2.75, 3.05) is 6.54 Å². The molecule has 0 unspecified atom stereocenters. The summed E-state index contributed by atoms with van der Waals surface area (Å²) in [6.45, 7) is 6.63. The molecule has 0 amide bonds. The molecule has 0 fully saturated rings. The maximum Gasteiger partial charge on any atom is 0.186 e. The Kier molecular flexibility index (Phi) is 6.59. The van der Waals surface area contributed by atoms with Gasteiger partial charge >= 0.3 is 0 Å². The average molecular weight is 300 g/mol. The first-order valence-corrected chi connectivity index (χ1v) is 6.84. The van der Waals surface area contributed by atoms with Crippen LogP contribution in [-0.2, 0) is 0 Å². The van der Waals surface area contributed by atoms with Crippen LogP contribution in [0.15, 0.2) is 23.3 Å². The Hall–Kier alpha value is -1.33. The van der Waals surface area contributed by atoms with E-state index >= 15 is 0 Å². The Labute approximate surface area is 124 Å². The van der Waals surface area contributed by atoms with Gasteiger partial charge in [-0.25, -0.2) is 0 Å². The SMILES string of the molecule is CCNC(=S)NN=Cc1ccc(OC(C)C)c(Cl)c1. The van der Waals surface area contributed by atoms with Gasteiger partial charge in [0.05, 0.1) is 17.3 Å². The molecular formula is C13H18ClN3OS. The molecule has 0 saturated heterocycles. The van der Waals surface area contributed by atoms with Crippen molar-refractivity contribution in [3.63, 3.8) is 0 Å². The van der Waals surface area contributed by atoms with Gasteiger partial charge in [-0.05, 0) is 56.8 Å². The topological polar surface area (TPSA) is 45.7 Å². The van der Waals surface area contributed by atoms with Gasteiger partial charge in [-0.3, -0.25) is 5.43 Å². The van der Waals surface area contributed by atoms with Gasteiger partial charge < -0.3 is 10.1 Å². The van der Waals surface area contributed by atoms with Crippen LogP contribution in [0.1, 0.15) is 26.3 Å². The number of nitrogens with one attached hydrogen (secondary N) is 2. The molecule has 1 aromatic rings. The second-order valence-corrected chi connectivity index (χ2v) is 4.90. The van der Waals surface area contributed by atoms with Gasteiger partial charge in [-0.15, -0.1) is 0 Å². The van der Waals surface area contributed by atoms with E-state index in [1.807, 2.05) is 32.9 Å². The maximum atomic E-state index is 6.12. The summed E-state index contributed by atoms with van der Waals surface area (Å²) in [4.78, 5) is 0. The van der Waals surface area contributed by atoms with Gasteiger partial charge in [0.25, 0.3) is 0 Å². The second kappa shape index (κ2) is 7.96. The van der Waals surface area contributed by atoms with Crippen molar-refractivity contribution in [1.29, 1.82) is 0 Å². The third-order valence-electron chi connectivity index (χ3n) is 2.04. The van der Waals surface area contributed by atoms with Crippen molar-refractivity contribution < 1.29 is 4.74 Å². The van der Waals surface area contributed by atoms with Crippen LogP contribution in [-0.4, -0.2) is 24.0 Å². The van der Waals surface area contributed by atoms with Crippen LogP contribution < -0.4 is 15.5 Å². The van der Waals surface area contributed by atoms with Crippen LogP contribution in [0.2, 0.25) is 5.02 Å². The number of hydrazone groups is 1. The first-order chi connectivity index (χ1) is 9.02. The Morgan fingerprint density at radius 2 is 2.26 bits per heavy atom. The van der Waals surface area contributed by atoms with Crippen LogP contribution in [0.3, 0.4) is 0 Å². The van der Waals surface area contributed by atoms with Crippen molar-refractivity contribution in [1.82, 2.24) is 10.7 Å². The molecule has 0 aromatic heterocycles. The van der Waals surface area contributed by atoms with Crippen LogP contribution in [0.25, 0.3) is 0 Å². The Morgan fingerprint density at radius 1 is 1.53 bits per heavy atom. The van der Waals surface area contributed by atoms with E-state index in [-0.39, 0.29) is 6.10 Å². The molecule has 0 aliphatic carbocycles. The Morgan fingerprint density at radius 3 is 2.84 bits per heavy atom. The fraction of sp³-hybridized carbons (Fsp3) is 0.385. The molecule has 4 nitrogen and oxygen atoms in total. The van der Waals surface area contributed by atoms with Crippen molar-refractivity contribution in [2.24, 2.45) is 5.10 Å². The van der Waals surface area contributed by atoms with Crippen LogP contribution in [0.5, 0.6) is 5.75 Å². The second-order valence-electron chi connectivity index (χ2n) is 4.09. The van der Waals surface area contributed by atoms with Gasteiger partial charge in [-0.1, -0.05) is 11.6 Å². The molecule has 0 bridgehead atoms. The Bertz CT molecular complexity index is 463. The highest BCUT2D eigenvalue weighted by molar-refractivity contribution is 7.80. The molecule has 1 rings (SSSR count). The third kappa shape index (κ3) is 5.89. The van der Waals surface area contributed by atoms with E-state index in [1.165, 1.54) is 0 Å².